The highest BCUT2D eigenvalue weighted by molar-refractivity contribution is 7.89. The van der Waals surface area contributed by atoms with Gasteiger partial charge in [0.15, 0.2) is 71.5 Å². The number of primary sulfonamides is 1. The molecule has 12 rings (SSSR count). The van der Waals surface area contributed by atoms with Gasteiger partial charge in [-0.3, -0.25) is 4.79 Å². The first-order chi connectivity index (χ1) is 41.4. The molecule has 0 atom stereocenters. The number of nitriles is 1. The predicted octanol–water partition coefficient (Wildman–Crippen LogP) is 14.4. The number of phenolic OH excluding ortho intramolecular Hbond substituents is 3. The van der Waals surface area contributed by atoms with Gasteiger partial charge in [0.1, 0.15) is 33.7 Å². The van der Waals surface area contributed by atoms with Crippen molar-refractivity contribution in [1.82, 2.24) is 47.4 Å². The van der Waals surface area contributed by atoms with Gasteiger partial charge in [-0.1, -0.05) is 30.1 Å². The molecule has 0 aliphatic rings. The number of rotatable bonds is 11. The fourth-order valence-corrected chi connectivity index (χ4v) is 10.1. The molecule has 28 nitrogen and oxygen atoms in total. The van der Waals surface area contributed by atoms with Gasteiger partial charge in [-0.25, -0.2) is 47.9 Å². The van der Waals surface area contributed by atoms with Gasteiger partial charge in [0.25, 0.3) is 0 Å². The summed E-state index contributed by atoms with van der Waals surface area (Å²) < 4.78 is 52.3. The summed E-state index contributed by atoms with van der Waals surface area (Å²) in [4.78, 5) is 35.5. The predicted molar refractivity (Wildman–Crippen MR) is 319 cm³/mol. The Hall–Kier alpha value is -10.1. The Morgan fingerprint density at radius 2 is 1.17 bits per heavy atom. The van der Waals surface area contributed by atoms with Gasteiger partial charge in [0.2, 0.25) is 15.9 Å². The van der Waals surface area contributed by atoms with E-state index in [1.54, 1.807) is 43.7 Å². The van der Waals surface area contributed by atoms with Crippen LogP contribution in [0.3, 0.4) is 0 Å². The number of halogens is 3. The normalized spacial score (nSPS) is 11.5. The Bertz CT molecular complexity index is 4790. The first-order valence-corrected chi connectivity index (χ1v) is 29.2. The van der Waals surface area contributed by atoms with E-state index in [1.165, 1.54) is 72.5 Å². The minimum absolute atomic E-state index is 0.0594. The summed E-state index contributed by atoms with van der Waals surface area (Å²) in [5.74, 6) is -1.78. The number of pyridine rings is 4. The van der Waals surface area contributed by atoms with E-state index in [0.717, 1.165) is 57.5 Å². The summed E-state index contributed by atoms with van der Waals surface area (Å²) in [7, 11) is -4.03. The lowest BCUT2D eigenvalue weighted by Crippen LogP contribution is -2.12. The lowest BCUT2D eigenvalue weighted by atomic mass is 10.2. The topological polar surface area (TPSA) is 422 Å². The van der Waals surface area contributed by atoms with Crippen LogP contribution in [0.5, 0.6) is 23.0 Å². The van der Waals surface area contributed by atoms with Gasteiger partial charge in [-0.15, -0.1) is 40.9 Å². The molecule has 0 saturated carbocycles. The fraction of sp³-hybridized carbons (Fsp3) is 0.0400. The third kappa shape index (κ3) is 15.2. The van der Waals surface area contributed by atoms with E-state index in [0.29, 0.717) is 70.4 Å². The molecule has 7 N–H and O–H groups in total. The Morgan fingerprint density at radius 1 is 0.616 bits per heavy atom. The number of aromatic nitrogens is 10. The van der Waals surface area contributed by atoms with E-state index in [9.17, 15) is 32.9 Å². The second-order valence-corrected chi connectivity index (χ2v) is 21.8. The summed E-state index contributed by atoms with van der Waals surface area (Å²) in [5, 5.41) is 90.9. The first kappa shape index (κ1) is 60.5. The van der Waals surface area contributed by atoms with Gasteiger partial charge in [0.05, 0.1) is 43.1 Å². The molecule has 0 spiro atoms. The van der Waals surface area contributed by atoms with E-state index in [-0.39, 0.29) is 51.2 Å². The average Bonchev–Trinajstić information content (AvgIpc) is 4.30. The Morgan fingerprint density at radius 3 is 1.83 bits per heavy atom. The second kappa shape index (κ2) is 27.5. The zero-order valence-corrected chi connectivity index (χ0v) is 48.6. The minimum Gasteiger partial charge on any atom is -0.507 e. The number of nitrogens with one attached hydrogen (secondary N) is 1. The van der Waals surface area contributed by atoms with Crippen LogP contribution >= 0.6 is 69.3 Å². The van der Waals surface area contributed by atoms with Gasteiger partial charge in [-0.05, 0) is 125 Å². The molecule has 0 aliphatic heterocycles. The van der Waals surface area contributed by atoms with E-state index in [4.69, 9.17) is 38.7 Å². The highest BCUT2D eigenvalue weighted by Gasteiger charge is 2.16. The zero-order chi connectivity index (χ0) is 60.9. The van der Waals surface area contributed by atoms with Crippen molar-refractivity contribution >= 4 is 178 Å². The van der Waals surface area contributed by atoms with E-state index in [1.807, 2.05) is 18.2 Å². The number of anilines is 1. The number of azo groups is 4. The van der Waals surface area contributed by atoms with Crippen LogP contribution in [0.4, 0.5) is 53.1 Å². The monoisotopic (exact) mass is 1290 g/mol. The molecule has 0 bridgehead atoms. The molecule has 36 heteroatoms. The van der Waals surface area contributed by atoms with Crippen molar-refractivity contribution in [1.29, 1.82) is 5.26 Å². The van der Waals surface area contributed by atoms with Crippen LogP contribution < -0.4 is 10.5 Å². The molecule has 9 aromatic heterocycles. The third-order valence-electron chi connectivity index (χ3n) is 10.7. The highest BCUT2D eigenvalue weighted by Crippen LogP contribution is 2.39. The van der Waals surface area contributed by atoms with E-state index in [2.05, 4.69) is 93.6 Å². The van der Waals surface area contributed by atoms with Crippen LogP contribution in [-0.2, 0) is 14.8 Å². The van der Waals surface area contributed by atoms with Crippen molar-refractivity contribution in [3.8, 4) is 29.1 Å². The van der Waals surface area contributed by atoms with Crippen molar-refractivity contribution < 1.29 is 38.0 Å². The van der Waals surface area contributed by atoms with Crippen LogP contribution in [0.15, 0.2) is 168 Å². The number of aromatic hydroxyl groups is 4. The summed E-state index contributed by atoms with van der Waals surface area (Å²) >= 11 is 16.3. The maximum atomic E-state index is 13.1. The number of hydrogen-bond donors (Lipinski definition) is 6. The smallest absolute Gasteiger partial charge is 0.241 e. The molecule has 0 unspecified atom stereocenters. The maximum absolute atomic E-state index is 13.1. The van der Waals surface area contributed by atoms with Gasteiger partial charge in [-0.2, -0.15) is 22.8 Å². The van der Waals surface area contributed by atoms with E-state index < -0.39 is 32.2 Å². The molecule has 12 aromatic rings. The van der Waals surface area contributed by atoms with Crippen LogP contribution in [0.25, 0.3) is 44.3 Å². The largest absolute Gasteiger partial charge is 0.507 e. The number of nitrogens with two attached hydrogens (primary N) is 1. The quantitative estimate of drug-likeness (QED) is 0.0655. The lowest BCUT2D eigenvalue weighted by molar-refractivity contribution is -0.115. The molecular weight excluding hydrogens is 1260 g/mol. The van der Waals surface area contributed by atoms with E-state index >= 15 is 0 Å². The molecule has 9 heterocycles. The SMILES string of the molecule is CCC(=O)Nc1nc(N=Nc2snc3ncccc23)ccc1O.N#Cc1cnc2nsc(N=Nc3cc(Cl)c(O)cc3Cl)c2c1.NS(=O)(=O)c1cc(N=Nc2snc3ncccc23)ccc1O.Oc1ccc(N=Nc2snc3nccnc23)cc1F. The molecule has 0 aliphatic carbocycles. The lowest BCUT2D eigenvalue weighted by Gasteiger charge is -2.04. The molecule has 0 saturated heterocycles. The van der Waals surface area contributed by atoms with Crippen LogP contribution in [0.2, 0.25) is 10.0 Å². The number of phenols is 3. The van der Waals surface area contributed by atoms with Crippen molar-refractivity contribution in [3.05, 3.63) is 143 Å². The number of hydrogen-bond acceptors (Lipinski definition) is 30. The number of carbonyl (C=O) groups is 1. The number of amides is 1. The Balaban J connectivity index is 0.000000137. The van der Waals surface area contributed by atoms with Crippen LogP contribution in [0.1, 0.15) is 18.9 Å². The summed E-state index contributed by atoms with van der Waals surface area (Å²) in [6, 6.07) is 24.0. The molecule has 86 heavy (non-hydrogen) atoms. The van der Waals surface area contributed by atoms with Gasteiger partial charge < -0.3 is 25.7 Å². The Kier molecular flexibility index (Phi) is 19.3. The summed E-state index contributed by atoms with van der Waals surface area (Å²) in [6.45, 7) is 1.71. The third-order valence-corrected chi connectivity index (χ3v) is 15.1. The number of benzene rings is 3. The maximum Gasteiger partial charge on any atom is 0.241 e. The summed E-state index contributed by atoms with van der Waals surface area (Å²) in [6.07, 6.45) is 8.09. The highest BCUT2D eigenvalue weighted by atomic mass is 35.5. The molecule has 1 amide bonds. The molecule has 3 aromatic carbocycles. The fourth-order valence-electron chi connectivity index (χ4n) is 6.55. The van der Waals surface area contributed by atoms with Crippen molar-refractivity contribution in [3.63, 3.8) is 0 Å². The molecule has 0 radical (unpaired) electrons. The number of fused-ring (bicyclic) bond motifs is 4. The molecular formula is C50H32Cl2FN21O7S5. The van der Waals surface area contributed by atoms with Crippen LogP contribution in [-0.4, -0.2) is 82.1 Å². The summed E-state index contributed by atoms with van der Waals surface area (Å²) in [5.41, 5.74) is 3.98. The average molecular weight is 1290 g/mol. The van der Waals surface area contributed by atoms with Gasteiger partial charge in [0, 0.05) is 49.5 Å². The van der Waals surface area contributed by atoms with Crippen molar-refractivity contribution in [2.45, 2.75) is 18.2 Å². The van der Waals surface area contributed by atoms with Crippen molar-refractivity contribution in [2.24, 2.45) is 46.1 Å². The standard InChI is InChI=1S/C14H12N6O2S.C13H5Cl2N5OS.C12H9N5O3S2.C11H6FN5OS/c1-2-11(22)17-13-9(21)5-6-10(16-13)18-19-14-8-4-3-7-15-12(8)20-23-14;14-8-3-11(21)9(15)2-10(8)18-19-13-7-1-6(4-16)5-17-12(7)20-22-13;13-22(19,20)10-6-7(3-4-9(10)18)15-16-12-8-2-1-5-14-11(8)17-21-12;12-7-5-6(1-2-8(7)18)15-16-11-9-10(17-19-11)14-4-3-13-9/h3-7,21H,2H2,1H3,(H,16,17,22);1-3,5,21H;1-6,18H,(H2,13,19,20);1-5,18H. The Labute approximate surface area is 507 Å². The zero-order valence-electron chi connectivity index (χ0n) is 43.0. The number of nitrogens with zero attached hydrogens (tertiary/aromatic N) is 19. The first-order valence-electron chi connectivity index (χ1n) is 23.8. The van der Waals surface area contributed by atoms with Crippen LogP contribution in [0, 0.1) is 17.1 Å². The molecule has 430 valence electrons. The van der Waals surface area contributed by atoms with Crippen molar-refractivity contribution in [2.75, 3.05) is 5.32 Å². The number of carbonyl (C=O) groups excluding carboxylic acids is 1. The number of sulfonamides is 1. The second-order valence-electron chi connectivity index (χ2n) is 16.5. The van der Waals surface area contributed by atoms with Gasteiger partial charge >= 0.3 is 0 Å². The molecule has 0 fully saturated rings. The minimum atomic E-state index is -4.03.